The van der Waals surface area contributed by atoms with Crippen molar-refractivity contribution in [2.24, 2.45) is 5.73 Å². The molecule has 0 saturated carbocycles. The Hall–Kier alpha value is -1.10. The fourth-order valence-corrected chi connectivity index (χ4v) is 0.805. The fraction of sp³-hybridized carbons (Fsp3) is 0.750. The molecule has 0 aliphatic heterocycles. The molecule has 0 rings (SSSR count). The molecule has 0 aromatic heterocycles. The van der Waals surface area contributed by atoms with E-state index in [-0.39, 0.29) is 11.9 Å². The average molecular weight is 188 g/mol. The van der Waals surface area contributed by atoms with Crippen molar-refractivity contribution in [2.45, 2.75) is 19.3 Å². The van der Waals surface area contributed by atoms with Crippen LogP contribution in [0.1, 0.15) is 19.3 Å². The van der Waals surface area contributed by atoms with Crippen LogP contribution in [0.15, 0.2) is 0 Å². The van der Waals surface area contributed by atoms with Gasteiger partial charge >= 0.3 is 5.97 Å². The Balaban J connectivity index is 3.08. The van der Waals surface area contributed by atoms with Crippen LogP contribution in [0.25, 0.3) is 0 Å². The van der Waals surface area contributed by atoms with Crippen LogP contribution in [0.4, 0.5) is 0 Å². The molecule has 0 fully saturated rings. The van der Waals surface area contributed by atoms with Gasteiger partial charge in [-0.15, -0.1) is 0 Å². The number of methoxy groups -OCH3 is 1. The van der Waals surface area contributed by atoms with Crippen molar-refractivity contribution in [2.75, 3.05) is 20.2 Å². The van der Waals surface area contributed by atoms with E-state index in [0.717, 1.165) is 0 Å². The zero-order chi connectivity index (χ0) is 10.1. The van der Waals surface area contributed by atoms with Gasteiger partial charge in [0.25, 0.3) is 0 Å². The predicted octanol–water partition coefficient (Wildman–Crippen LogP) is -0.595. The molecule has 0 aliphatic rings. The fourth-order valence-electron chi connectivity index (χ4n) is 0.805. The Labute approximate surface area is 77.6 Å². The van der Waals surface area contributed by atoms with Gasteiger partial charge in [0, 0.05) is 13.0 Å². The van der Waals surface area contributed by atoms with Crippen LogP contribution in [0.5, 0.6) is 0 Å². The van der Waals surface area contributed by atoms with Crippen LogP contribution < -0.4 is 11.1 Å². The summed E-state index contributed by atoms with van der Waals surface area (Å²) in [7, 11) is 1.36. The normalized spacial score (nSPS) is 9.62. The molecule has 0 aromatic rings. The van der Waals surface area contributed by atoms with Crippen molar-refractivity contribution in [1.29, 1.82) is 0 Å². The monoisotopic (exact) mass is 188 g/mol. The van der Waals surface area contributed by atoms with E-state index in [1.54, 1.807) is 0 Å². The number of esters is 1. The Kier molecular flexibility index (Phi) is 6.91. The van der Waals surface area contributed by atoms with Crippen LogP contribution in [0, 0.1) is 0 Å². The third-order valence-corrected chi connectivity index (χ3v) is 1.51. The first-order chi connectivity index (χ1) is 6.16. The molecule has 13 heavy (non-hydrogen) atoms. The molecular formula is C8H16N2O3. The van der Waals surface area contributed by atoms with E-state index < -0.39 is 0 Å². The molecule has 0 unspecified atom stereocenters. The lowest BCUT2D eigenvalue weighted by atomic mass is 10.3. The highest BCUT2D eigenvalue weighted by atomic mass is 16.5. The summed E-state index contributed by atoms with van der Waals surface area (Å²) in [4.78, 5) is 20.9. The number of nitrogens with two attached hydrogens (primary N) is 1. The molecule has 5 heteroatoms. The molecule has 0 aliphatic carbocycles. The zero-order valence-electron chi connectivity index (χ0n) is 7.84. The van der Waals surface area contributed by atoms with Crippen molar-refractivity contribution in [3.05, 3.63) is 0 Å². The van der Waals surface area contributed by atoms with Crippen LogP contribution in [0.2, 0.25) is 0 Å². The summed E-state index contributed by atoms with van der Waals surface area (Å²) in [5.74, 6) is -0.530. The molecule has 3 N–H and O–H groups in total. The van der Waals surface area contributed by atoms with Crippen molar-refractivity contribution < 1.29 is 14.3 Å². The quantitative estimate of drug-likeness (QED) is 0.413. The van der Waals surface area contributed by atoms with Crippen LogP contribution in [-0.2, 0) is 14.3 Å². The first-order valence-corrected chi connectivity index (χ1v) is 4.22. The van der Waals surface area contributed by atoms with E-state index in [2.05, 4.69) is 10.1 Å². The Morgan fingerprint density at radius 3 is 2.54 bits per heavy atom. The van der Waals surface area contributed by atoms with Gasteiger partial charge in [0.15, 0.2) is 0 Å². The largest absolute Gasteiger partial charge is 0.469 e. The van der Waals surface area contributed by atoms with Crippen molar-refractivity contribution >= 4 is 11.9 Å². The number of nitrogens with one attached hydrogen (secondary N) is 1. The summed E-state index contributed by atoms with van der Waals surface area (Å²) in [5, 5.41) is 3.00. The summed E-state index contributed by atoms with van der Waals surface area (Å²) in [6.45, 7) is 1.27. The number of rotatable bonds is 7. The topological polar surface area (TPSA) is 81.4 Å². The summed E-state index contributed by atoms with van der Waals surface area (Å²) in [6.07, 6.45) is 1.44. The van der Waals surface area contributed by atoms with Crippen LogP contribution in [-0.4, -0.2) is 32.1 Å². The van der Waals surface area contributed by atoms with Gasteiger partial charge in [-0.05, 0) is 13.0 Å². The highest BCUT2D eigenvalue weighted by Gasteiger charge is 1.98. The number of hydrogen-bond acceptors (Lipinski definition) is 4. The minimum absolute atomic E-state index is 0.234. The molecule has 0 aromatic carbocycles. The maximum absolute atomic E-state index is 10.6. The second-order valence-electron chi connectivity index (χ2n) is 2.65. The Morgan fingerprint density at radius 2 is 2.00 bits per heavy atom. The minimum Gasteiger partial charge on any atom is -0.469 e. The summed E-state index contributed by atoms with van der Waals surface area (Å²) in [5.41, 5.74) is 4.94. The third-order valence-electron chi connectivity index (χ3n) is 1.51. The summed E-state index contributed by atoms with van der Waals surface area (Å²) >= 11 is 0. The molecular weight excluding hydrogens is 172 g/mol. The summed E-state index contributed by atoms with van der Waals surface area (Å²) < 4.78 is 4.44. The highest BCUT2D eigenvalue weighted by molar-refractivity contribution is 5.73. The van der Waals surface area contributed by atoms with Gasteiger partial charge in [0.05, 0.1) is 13.5 Å². The lowest BCUT2D eigenvalue weighted by Crippen LogP contribution is -2.21. The first kappa shape index (κ1) is 11.9. The van der Waals surface area contributed by atoms with E-state index in [1.807, 2.05) is 0 Å². The zero-order valence-corrected chi connectivity index (χ0v) is 7.84. The van der Waals surface area contributed by atoms with E-state index in [4.69, 9.17) is 5.73 Å². The summed E-state index contributed by atoms with van der Waals surface area (Å²) in [6, 6.07) is 0. The third kappa shape index (κ3) is 8.81. The number of ether oxygens (including phenoxy) is 1. The van der Waals surface area contributed by atoms with Gasteiger partial charge in [-0.2, -0.15) is 0 Å². The van der Waals surface area contributed by atoms with Crippen LogP contribution >= 0.6 is 0 Å². The van der Waals surface area contributed by atoms with Crippen molar-refractivity contribution in [3.63, 3.8) is 0 Å². The minimum atomic E-state index is -0.297. The molecule has 0 heterocycles. The second kappa shape index (κ2) is 7.54. The van der Waals surface area contributed by atoms with Gasteiger partial charge in [-0.25, -0.2) is 0 Å². The highest BCUT2D eigenvalue weighted by Crippen LogP contribution is 1.85. The molecule has 0 spiro atoms. The molecule has 5 nitrogen and oxygen atoms in total. The van der Waals surface area contributed by atoms with Crippen LogP contribution in [0.3, 0.4) is 0 Å². The smallest absolute Gasteiger partial charge is 0.306 e. The number of carbonyl (C=O) groups is 2. The number of primary amides is 1. The van der Waals surface area contributed by atoms with Gasteiger partial charge in [0.2, 0.25) is 5.91 Å². The lowest BCUT2D eigenvalue weighted by Gasteiger charge is -2.02. The van der Waals surface area contributed by atoms with Gasteiger partial charge < -0.3 is 15.8 Å². The molecule has 0 bridgehead atoms. The number of hydrogen-bond donors (Lipinski definition) is 2. The maximum Gasteiger partial charge on any atom is 0.306 e. The van der Waals surface area contributed by atoms with E-state index in [0.29, 0.717) is 32.4 Å². The molecule has 0 saturated heterocycles. The average Bonchev–Trinajstić information content (AvgIpc) is 2.10. The van der Waals surface area contributed by atoms with Gasteiger partial charge in [0.1, 0.15) is 0 Å². The second-order valence-corrected chi connectivity index (χ2v) is 2.65. The predicted molar refractivity (Wildman–Crippen MR) is 47.9 cm³/mol. The maximum atomic E-state index is 10.6. The van der Waals surface area contributed by atoms with E-state index >= 15 is 0 Å². The standard InChI is InChI=1S/C8H16N2O3/c1-13-8(12)4-6-10-5-2-3-7(9)11/h10H,2-6H2,1H3,(H2,9,11). The molecule has 0 atom stereocenters. The Bertz CT molecular complexity index is 171. The number of amides is 1. The van der Waals surface area contributed by atoms with Gasteiger partial charge in [-0.1, -0.05) is 0 Å². The van der Waals surface area contributed by atoms with E-state index in [9.17, 15) is 9.59 Å². The van der Waals surface area contributed by atoms with Crippen molar-refractivity contribution in [1.82, 2.24) is 5.32 Å². The number of carbonyl (C=O) groups excluding carboxylic acids is 2. The molecule has 76 valence electrons. The van der Waals surface area contributed by atoms with Gasteiger partial charge in [-0.3, -0.25) is 9.59 Å². The molecule has 0 radical (unpaired) electrons. The molecule has 1 amide bonds. The SMILES string of the molecule is COC(=O)CCNCCCC(N)=O. The van der Waals surface area contributed by atoms with E-state index in [1.165, 1.54) is 7.11 Å². The lowest BCUT2D eigenvalue weighted by molar-refractivity contribution is -0.140. The first-order valence-electron chi connectivity index (χ1n) is 4.22. The van der Waals surface area contributed by atoms with Crippen molar-refractivity contribution in [3.8, 4) is 0 Å². The Morgan fingerprint density at radius 1 is 1.31 bits per heavy atom.